The fourth-order valence-electron chi connectivity index (χ4n) is 9.40. The maximum absolute atomic E-state index is 14.3. The minimum absolute atomic E-state index is 0.0191. The Morgan fingerprint density at radius 2 is 1.74 bits per heavy atom. The quantitative estimate of drug-likeness (QED) is 0.0387. The standard InChI is InChI=1S/C50H62N2O10/c1-5-8-28-58-49(56)52(24-6-2)46-32-43(51-60-34-35-16-10-9-11-17-35)41-30-36(18-12-14-25-53)40(19-13-15-26-54)47-42-31-39(61-38-20-22-44(57-4)37(29-38)33-55)21-23-45(42)62-50(46,48(41)47)59-27-7-3/h5,7,9-11,16-17,20-23,29-31,33,36,40,46-48,53-54H,1,3,6,8,12-15,18-19,24-28,32,34H2,2,4H3/t36-,40+,46-,47+,48+,50+/m0/s1. The monoisotopic (exact) mass is 850 g/mol. The highest BCUT2D eigenvalue weighted by atomic mass is 16.7. The van der Waals surface area contributed by atoms with Gasteiger partial charge in [-0.1, -0.05) is 73.5 Å². The molecule has 1 amide bonds. The molecule has 6 atom stereocenters. The van der Waals surface area contributed by atoms with Crippen LogP contribution in [0.3, 0.4) is 0 Å². The first-order valence-electron chi connectivity index (χ1n) is 22.0. The normalized spacial score (nSPS) is 22.9. The number of carbonyl (C=O) groups is 2. The van der Waals surface area contributed by atoms with Crippen LogP contribution in [0.1, 0.15) is 92.1 Å². The molecule has 3 aromatic rings. The lowest BCUT2D eigenvalue weighted by Gasteiger charge is -2.59. The largest absolute Gasteiger partial charge is 0.496 e. The number of aliphatic hydroxyl groups is 2. The molecule has 0 spiro atoms. The third-order valence-electron chi connectivity index (χ3n) is 12.1. The van der Waals surface area contributed by atoms with Gasteiger partial charge in [-0.05, 0) is 97.9 Å². The topological polar surface area (TPSA) is 146 Å². The third-order valence-corrected chi connectivity index (χ3v) is 12.1. The van der Waals surface area contributed by atoms with Gasteiger partial charge in [0.1, 0.15) is 35.6 Å². The van der Waals surface area contributed by atoms with Crippen molar-refractivity contribution in [2.75, 3.05) is 40.1 Å². The van der Waals surface area contributed by atoms with E-state index in [1.807, 2.05) is 55.5 Å². The zero-order valence-corrected chi connectivity index (χ0v) is 36.1. The number of nitrogens with zero attached hydrogens (tertiary/aromatic N) is 2. The molecule has 0 saturated heterocycles. The zero-order chi connectivity index (χ0) is 43.9. The molecule has 3 aromatic carbocycles. The van der Waals surface area contributed by atoms with Crippen molar-refractivity contribution < 1.29 is 48.3 Å². The molecule has 1 aliphatic heterocycles. The minimum atomic E-state index is -1.43. The van der Waals surface area contributed by atoms with Gasteiger partial charge < -0.3 is 38.7 Å². The van der Waals surface area contributed by atoms with Gasteiger partial charge in [0, 0.05) is 37.7 Å². The summed E-state index contributed by atoms with van der Waals surface area (Å²) in [5, 5.41) is 24.8. The van der Waals surface area contributed by atoms with E-state index in [9.17, 15) is 19.8 Å². The van der Waals surface area contributed by atoms with E-state index in [-0.39, 0.29) is 57.2 Å². The van der Waals surface area contributed by atoms with Crippen LogP contribution < -0.4 is 14.2 Å². The number of methoxy groups -OCH3 is 1. The molecular formula is C50H62N2O10. The van der Waals surface area contributed by atoms with Crippen LogP contribution in [0.2, 0.25) is 0 Å². The van der Waals surface area contributed by atoms with Gasteiger partial charge in [-0.15, -0.1) is 13.2 Å². The van der Waals surface area contributed by atoms with Crippen LogP contribution in [0.5, 0.6) is 23.0 Å². The molecule has 1 heterocycles. The first-order chi connectivity index (χ1) is 30.4. The SMILES string of the molecule is C=CCCOC(=O)N(CCC)[C@H]1CC(=NOCc2ccccc2)C2=C[C@H](CCCCO)[C@@H](CCCCO)[C@@H]3c4cc(Oc5ccc(OC)c(C=O)c5)ccc4O[C@@]1(OCC=C)[C@H]23. The molecule has 0 unspecified atom stereocenters. The van der Waals surface area contributed by atoms with Crippen LogP contribution in [-0.2, 0) is 20.9 Å². The minimum Gasteiger partial charge on any atom is -0.496 e. The summed E-state index contributed by atoms with van der Waals surface area (Å²) in [5.74, 6) is -0.0684. The molecule has 0 bridgehead atoms. The van der Waals surface area contributed by atoms with Crippen LogP contribution in [0.25, 0.3) is 0 Å². The number of fused-ring (bicyclic) bond motifs is 2. The number of rotatable bonds is 24. The number of unbranched alkanes of at least 4 members (excludes halogenated alkanes) is 2. The van der Waals surface area contributed by atoms with Gasteiger partial charge >= 0.3 is 6.09 Å². The number of ether oxygens (including phenoxy) is 5. The first-order valence-corrected chi connectivity index (χ1v) is 22.0. The van der Waals surface area contributed by atoms with E-state index in [4.69, 9.17) is 33.7 Å². The van der Waals surface area contributed by atoms with Gasteiger partial charge in [0.2, 0.25) is 5.79 Å². The molecule has 1 saturated carbocycles. The molecule has 6 rings (SSSR count). The lowest BCUT2D eigenvalue weighted by atomic mass is 9.55. The van der Waals surface area contributed by atoms with E-state index >= 15 is 0 Å². The number of hydrogen-bond donors (Lipinski definition) is 2. The van der Waals surface area contributed by atoms with Crippen LogP contribution in [0.4, 0.5) is 4.79 Å². The van der Waals surface area contributed by atoms with Crippen molar-refractivity contribution in [3.05, 3.63) is 120 Å². The molecule has 2 N–H and O–H groups in total. The molecule has 0 radical (unpaired) electrons. The Balaban J connectivity index is 1.57. The fraction of sp³-hybridized carbons (Fsp3) is 0.460. The highest BCUT2D eigenvalue weighted by Gasteiger charge is 2.65. The summed E-state index contributed by atoms with van der Waals surface area (Å²) in [7, 11) is 1.51. The van der Waals surface area contributed by atoms with E-state index in [1.165, 1.54) is 7.11 Å². The number of carbonyl (C=O) groups excluding carboxylic acids is 2. The van der Waals surface area contributed by atoms with Crippen LogP contribution in [0.15, 0.2) is 109 Å². The van der Waals surface area contributed by atoms with Gasteiger partial charge in [-0.25, -0.2) is 4.79 Å². The molecule has 2 aliphatic carbocycles. The Morgan fingerprint density at radius 3 is 2.45 bits per heavy atom. The number of oxime groups is 1. The highest BCUT2D eigenvalue weighted by Crippen LogP contribution is 2.62. The second-order valence-corrected chi connectivity index (χ2v) is 16.0. The van der Waals surface area contributed by atoms with Crippen molar-refractivity contribution >= 4 is 18.1 Å². The van der Waals surface area contributed by atoms with E-state index in [2.05, 4.69) is 19.2 Å². The van der Waals surface area contributed by atoms with Crippen molar-refractivity contribution in [1.82, 2.24) is 4.90 Å². The lowest BCUT2D eigenvalue weighted by molar-refractivity contribution is -0.255. The van der Waals surface area contributed by atoms with Crippen molar-refractivity contribution in [2.24, 2.45) is 22.9 Å². The number of hydrogen-bond acceptors (Lipinski definition) is 11. The van der Waals surface area contributed by atoms with E-state index in [1.54, 1.807) is 35.3 Å². The van der Waals surface area contributed by atoms with E-state index < -0.39 is 23.8 Å². The van der Waals surface area contributed by atoms with Gasteiger partial charge in [0.15, 0.2) is 6.29 Å². The Hall–Kier alpha value is -5.43. The molecule has 332 valence electrons. The second kappa shape index (κ2) is 22.6. The number of aldehydes is 1. The van der Waals surface area contributed by atoms with Crippen molar-refractivity contribution in [3.63, 3.8) is 0 Å². The molecular weight excluding hydrogens is 789 g/mol. The predicted molar refractivity (Wildman–Crippen MR) is 238 cm³/mol. The molecule has 12 heteroatoms. The Labute approximate surface area is 365 Å². The molecule has 0 aromatic heterocycles. The maximum Gasteiger partial charge on any atom is 0.410 e. The molecule has 3 aliphatic rings. The molecule has 62 heavy (non-hydrogen) atoms. The summed E-state index contributed by atoms with van der Waals surface area (Å²) < 4.78 is 32.1. The summed E-state index contributed by atoms with van der Waals surface area (Å²) in [6.07, 6.45) is 11.8. The summed E-state index contributed by atoms with van der Waals surface area (Å²) in [6.45, 7) is 10.9. The average molecular weight is 851 g/mol. The Bertz CT molecular complexity index is 2030. The fourth-order valence-corrected chi connectivity index (χ4v) is 9.40. The Morgan fingerprint density at radius 1 is 0.984 bits per heavy atom. The smallest absolute Gasteiger partial charge is 0.410 e. The number of aliphatic hydroxyl groups excluding tert-OH is 2. The van der Waals surface area contributed by atoms with Crippen molar-refractivity contribution in [2.45, 2.75) is 89.1 Å². The highest BCUT2D eigenvalue weighted by molar-refractivity contribution is 6.03. The average Bonchev–Trinajstić information content (AvgIpc) is 3.29. The zero-order valence-electron chi connectivity index (χ0n) is 36.1. The first kappa shape index (κ1) is 46.1. The van der Waals surface area contributed by atoms with Crippen LogP contribution in [-0.4, -0.2) is 85.1 Å². The molecule has 1 fully saturated rings. The predicted octanol–water partition coefficient (Wildman–Crippen LogP) is 9.56. The third kappa shape index (κ3) is 10.4. The number of amides is 1. The van der Waals surface area contributed by atoms with Gasteiger partial charge in [-0.2, -0.15) is 0 Å². The summed E-state index contributed by atoms with van der Waals surface area (Å²) in [6, 6.07) is 20.0. The lowest BCUT2D eigenvalue weighted by Crippen LogP contribution is -2.70. The van der Waals surface area contributed by atoms with Crippen molar-refractivity contribution in [1.29, 1.82) is 0 Å². The van der Waals surface area contributed by atoms with Crippen LogP contribution >= 0.6 is 0 Å². The van der Waals surface area contributed by atoms with Crippen molar-refractivity contribution in [3.8, 4) is 23.0 Å². The van der Waals surface area contributed by atoms with Gasteiger partial charge in [0.25, 0.3) is 0 Å². The summed E-state index contributed by atoms with van der Waals surface area (Å²) in [5.41, 5.74) is 3.85. The van der Waals surface area contributed by atoms with E-state index in [0.29, 0.717) is 66.5 Å². The number of allylic oxidation sites excluding steroid dienone is 1. The molecule has 12 nitrogen and oxygen atoms in total. The Kier molecular flexibility index (Phi) is 16.8. The second-order valence-electron chi connectivity index (χ2n) is 16.0. The van der Waals surface area contributed by atoms with E-state index in [0.717, 1.165) is 48.7 Å². The summed E-state index contributed by atoms with van der Waals surface area (Å²) >= 11 is 0. The van der Waals surface area contributed by atoms with Crippen LogP contribution in [0, 0.1) is 17.8 Å². The maximum atomic E-state index is 14.3. The number of benzene rings is 3. The van der Waals surface area contributed by atoms with Gasteiger partial charge in [-0.3, -0.25) is 9.69 Å². The van der Waals surface area contributed by atoms with Gasteiger partial charge in [0.05, 0.1) is 37.5 Å². The summed E-state index contributed by atoms with van der Waals surface area (Å²) in [4.78, 5) is 34.2.